The molecule has 2 rings (SSSR count). The van der Waals surface area contributed by atoms with Gasteiger partial charge in [0, 0.05) is 24.1 Å². The van der Waals surface area contributed by atoms with Gasteiger partial charge in [-0.1, -0.05) is 28.4 Å². The van der Waals surface area contributed by atoms with Gasteiger partial charge in [0.25, 0.3) is 0 Å². The van der Waals surface area contributed by atoms with E-state index in [2.05, 4.69) is 26.1 Å². The molecule has 1 heterocycles. The third-order valence-corrected chi connectivity index (χ3v) is 4.17. The van der Waals surface area contributed by atoms with E-state index in [1.54, 1.807) is 0 Å². The van der Waals surface area contributed by atoms with Gasteiger partial charge in [-0.15, -0.1) is 0 Å². The van der Waals surface area contributed by atoms with Crippen LogP contribution in [0.5, 0.6) is 5.75 Å². The Morgan fingerprint density at radius 2 is 2.10 bits per heavy atom. The van der Waals surface area contributed by atoms with Gasteiger partial charge in [-0.2, -0.15) is 0 Å². The van der Waals surface area contributed by atoms with Crippen LogP contribution in [-0.4, -0.2) is 55.4 Å². The highest BCUT2D eigenvalue weighted by molar-refractivity contribution is 9.10. The van der Waals surface area contributed by atoms with Crippen molar-refractivity contribution in [2.45, 2.75) is 25.4 Å². The first-order chi connectivity index (χ1) is 10.2. The molecular formula is C16H25BrN2O2. The Morgan fingerprint density at radius 1 is 1.29 bits per heavy atom. The highest BCUT2D eigenvalue weighted by atomic mass is 79.9. The van der Waals surface area contributed by atoms with Crippen LogP contribution in [0.3, 0.4) is 0 Å². The monoisotopic (exact) mass is 356 g/mol. The van der Waals surface area contributed by atoms with Crippen LogP contribution in [-0.2, 0) is 0 Å². The third-order valence-electron chi connectivity index (χ3n) is 3.67. The summed E-state index contributed by atoms with van der Waals surface area (Å²) < 4.78 is 6.55. The molecular weight excluding hydrogens is 332 g/mol. The zero-order chi connectivity index (χ0) is 14.9. The maximum absolute atomic E-state index is 9.90. The molecule has 1 aliphatic rings. The minimum absolute atomic E-state index is 0.313. The molecule has 1 atom stereocenters. The van der Waals surface area contributed by atoms with Gasteiger partial charge in [-0.25, -0.2) is 0 Å². The summed E-state index contributed by atoms with van der Waals surface area (Å²) in [4.78, 5) is 2.49. The lowest BCUT2D eigenvalue weighted by molar-refractivity contribution is 0.105. The molecule has 1 aliphatic heterocycles. The zero-order valence-electron chi connectivity index (χ0n) is 12.4. The summed E-state index contributed by atoms with van der Waals surface area (Å²) in [6, 6.07) is 7.66. The van der Waals surface area contributed by atoms with Gasteiger partial charge >= 0.3 is 0 Å². The number of ether oxygens (including phenoxy) is 1. The number of piperidine rings is 1. The summed E-state index contributed by atoms with van der Waals surface area (Å²) in [7, 11) is 0. The van der Waals surface area contributed by atoms with Crippen LogP contribution in [0, 0.1) is 0 Å². The zero-order valence-corrected chi connectivity index (χ0v) is 14.0. The molecule has 1 aromatic carbocycles. The molecule has 1 saturated heterocycles. The molecule has 5 heteroatoms. The van der Waals surface area contributed by atoms with Gasteiger partial charge in [0.15, 0.2) is 0 Å². The molecule has 0 spiro atoms. The van der Waals surface area contributed by atoms with E-state index in [1.807, 2.05) is 24.3 Å². The van der Waals surface area contributed by atoms with E-state index in [-0.39, 0.29) is 0 Å². The van der Waals surface area contributed by atoms with Crippen LogP contribution in [0.25, 0.3) is 0 Å². The van der Waals surface area contributed by atoms with Crippen molar-refractivity contribution < 1.29 is 9.84 Å². The molecule has 0 aromatic heterocycles. The van der Waals surface area contributed by atoms with Crippen LogP contribution < -0.4 is 10.1 Å². The second-order valence-electron chi connectivity index (χ2n) is 5.53. The lowest BCUT2D eigenvalue weighted by Gasteiger charge is -2.26. The predicted octanol–water partition coefficient (Wildman–Crippen LogP) is 2.26. The van der Waals surface area contributed by atoms with Crippen molar-refractivity contribution in [1.82, 2.24) is 10.2 Å². The SMILES string of the molecule is OC(CNCCN1CCCCC1)COc1cccc(Br)c1. The first kappa shape index (κ1) is 16.7. The third kappa shape index (κ3) is 6.78. The quantitative estimate of drug-likeness (QED) is 0.701. The summed E-state index contributed by atoms with van der Waals surface area (Å²) in [6.45, 7) is 5.31. The van der Waals surface area contributed by atoms with Gasteiger partial charge in [-0.3, -0.25) is 0 Å². The fourth-order valence-electron chi connectivity index (χ4n) is 2.50. The Kier molecular flexibility index (Phi) is 7.50. The van der Waals surface area contributed by atoms with Gasteiger partial charge in [0.05, 0.1) is 0 Å². The topological polar surface area (TPSA) is 44.7 Å². The number of hydrogen-bond acceptors (Lipinski definition) is 4. The number of aliphatic hydroxyl groups excluding tert-OH is 1. The average molecular weight is 357 g/mol. The van der Waals surface area contributed by atoms with E-state index in [1.165, 1.54) is 32.4 Å². The second-order valence-corrected chi connectivity index (χ2v) is 6.44. The molecule has 4 nitrogen and oxygen atoms in total. The Bertz CT molecular complexity index is 411. The molecule has 1 fully saturated rings. The summed E-state index contributed by atoms with van der Waals surface area (Å²) >= 11 is 3.40. The minimum Gasteiger partial charge on any atom is -0.491 e. The van der Waals surface area contributed by atoms with E-state index in [0.717, 1.165) is 23.3 Å². The molecule has 0 amide bonds. The normalized spacial score (nSPS) is 17.6. The van der Waals surface area contributed by atoms with E-state index in [4.69, 9.17) is 4.74 Å². The number of rotatable bonds is 8. The molecule has 2 N–H and O–H groups in total. The number of hydrogen-bond donors (Lipinski definition) is 2. The number of aliphatic hydroxyl groups is 1. The number of benzene rings is 1. The van der Waals surface area contributed by atoms with Gasteiger partial charge in [-0.05, 0) is 44.1 Å². The molecule has 0 radical (unpaired) electrons. The maximum Gasteiger partial charge on any atom is 0.120 e. The Morgan fingerprint density at radius 3 is 2.86 bits per heavy atom. The highest BCUT2D eigenvalue weighted by Crippen LogP contribution is 2.17. The predicted molar refractivity (Wildman–Crippen MR) is 88.8 cm³/mol. The molecule has 0 aliphatic carbocycles. The van der Waals surface area contributed by atoms with Crippen LogP contribution in [0.2, 0.25) is 0 Å². The Hall–Kier alpha value is -0.620. The standard InChI is InChI=1S/C16H25BrN2O2/c17-14-5-4-6-16(11-14)21-13-15(20)12-18-7-10-19-8-2-1-3-9-19/h4-6,11,15,18,20H,1-3,7-10,12-13H2. The van der Waals surface area contributed by atoms with Crippen molar-refractivity contribution in [2.75, 3.05) is 39.3 Å². The van der Waals surface area contributed by atoms with Crippen molar-refractivity contribution in [1.29, 1.82) is 0 Å². The average Bonchev–Trinajstić information content (AvgIpc) is 2.51. The van der Waals surface area contributed by atoms with E-state index in [0.29, 0.717) is 13.2 Å². The minimum atomic E-state index is -0.481. The molecule has 0 bridgehead atoms. The Balaban J connectivity index is 1.54. The largest absolute Gasteiger partial charge is 0.491 e. The summed E-state index contributed by atoms with van der Waals surface area (Å²) in [6.07, 6.45) is 3.53. The first-order valence-electron chi connectivity index (χ1n) is 7.73. The molecule has 21 heavy (non-hydrogen) atoms. The Labute approximate surface area is 135 Å². The van der Waals surface area contributed by atoms with Gasteiger partial charge in [0.2, 0.25) is 0 Å². The highest BCUT2D eigenvalue weighted by Gasteiger charge is 2.10. The van der Waals surface area contributed by atoms with Crippen molar-refractivity contribution in [3.8, 4) is 5.75 Å². The number of nitrogens with one attached hydrogen (secondary N) is 1. The molecule has 118 valence electrons. The molecule has 1 unspecified atom stereocenters. The second kappa shape index (κ2) is 9.41. The van der Waals surface area contributed by atoms with Crippen LogP contribution >= 0.6 is 15.9 Å². The van der Waals surface area contributed by atoms with Crippen molar-refractivity contribution >= 4 is 15.9 Å². The van der Waals surface area contributed by atoms with Crippen molar-refractivity contribution in [3.63, 3.8) is 0 Å². The van der Waals surface area contributed by atoms with Crippen LogP contribution in [0.15, 0.2) is 28.7 Å². The van der Waals surface area contributed by atoms with Crippen molar-refractivity contribution in [2.24, 2.45) is 0 Å². The van der Waals surface area contributed by atoms with Crippen LogP contribution in [0.4, 0.5) is 0 Å². The molecule has 0 saturated carbocycles. The van der Waals surface area contributed by atoms with E-state index >= 15 is 0 Å². The number of halogens is 1. The fourth-order valence-corrected chi connectivity index (χ4v) is 2.88. The number of nitrogens with zero attached hydrogens (tertiary/aromatic N) is 1. The van der Waals surface area contributed by atoms with Crippen molar-refractivity contribution in [3.05, 3.63) is 28.7 Å². The fraction of sp³-hybridized carbons (Fsp3) is 0.625. The maximum atomic E-state index is 9.90. The first-order valence-corrected chi connectivity index (χ1v) is 8.53. The van der Waals surface area contributed by atoms with Crippen LogP contribution in [0.1, 0.15) is 19.3 Å². The summed E-state index contributed by atoms with van der Waals surface area (Å²) in [5.41, 5.74) is 0. The molecule has 1 aromatic rings. The summed E-state index contributed by atoms with van der Waals surface area (Å²) in [5, 5.41) is 13.2. The van der Waals surface area contributed by atoms with Gasteiger partial charge < -0.3 is 20.1 Å². The number of likely N-dealkylation sites (tertiary alicyclic amines) is 1. The van der Waals surface area contributed by atoms with E-state index < -0.39 is 6.10 Å². The van der Waals surface area contributed by atoms with Gasteiger partial charge in [0.1, 0.15) is 18.5 Å². The smallest absolute Gasteiger partial charge is 0.120 e. The lowest BCUT2D eigenvalue weighted by atomic mass is 10.1. The lowest BCUT2D eigenvalue weighted by Crippen LogP contribution is -2.39. The van der Waals surface area contributed by atoms with E-state index in [9.17, 15) is 5.11 Å². The summed E-state index contributed by atoms with van der Waals surface area (Å²) in [5.74, 6) is 0.775.